The van der Waals surface area contributed by atoms with Crippen molar-refractivity contribution in [2.75, 3.05) is 5.88 Å². The van der Waals surface area contributed by atoms with E-state index < -0.39 is 11.6 Å². The van der Waals surface area contributed by atoms with Gasteiger partial charge in [-0.2, -0.15) is 0 Å². The molecule has 0 bridgehead atoms. The number of nitrogens with zero attached hydrogens (tertiary/aromatic N) is 1. The molecule has 114 valence electrons. The maximum Gasteiger partial charge on any atom is 0.253 e. The minimum atomic E-state index is -1.15. The van der Waals surface area contributed by atoms with Crippen LogP contribution in [0.5, 0.6) is 0 Å². The van der Waals surface area contributed by atoms with Gasteiger partial charge in [0.1, 0.15) is 0 Å². The molecule has 2 aliphatic heterocycles. The van der Waals surface area contributed by atoms with E-state index in [1.54, 1.807) is 4.90 Å². The third-order valence-corrected chi connectivity index (χ3v) is 4.70. The van der Waals surface area contributed by atoms with E-state index in [4.69, 9.17) is 11.6 Å². The molecule has 6 heteroatoms. The summed E-state index contributed by atoms with van der Waals surface area (Å²) in [4.78, 5) is 26.5. The summed E-state index contributed by atoms with van der Waals surface area (Å²) in [5.74, 6) is -0.425. The van der Waals surface area contributed by atoms with E-state index in [1.807, 2.05) is 27.7 Å². The first kappa shape index (κ1) is 15.6. The number of carbonyl (C=O) groups is 2. The number of amides is 2. The number of rotatable bonds is 5. The average Bonchev–Trinajstić information content (AvgIpc) is 2.60. The predicted molar refractivity (Wildman–Crippen MR) is 76.3 cm³/mol. The van der Waals surface area contributed by atoms with Gasteiger partial charge in [-0.3, -0.25) is 9.59 Å². The Kier molecular flexibility index (Phi) is 4.04. The SMILES string of the molecule is CC(C)[C@H](O)[C@@]12NC(=O)[C@H](CCCl)[C@@H]1N(C(C)C)C2=O. The molecular weight excluding hydrogens is 280 g/mol. The van der Waals surface area contributed by atoms with Crippen molar-refractivity contribution >= 4 is 23.4 Å². The van der Waals surface area contributed by atoms with Crippen LogP contribution < -0.4 is 5.32 Å². The normalized spacial score (nSPS) is 34.3. The van der Waals surface area contributed by atoms with Gasteiger partial charge in [-0.1, -0.05) is 13.8 Å². The summed E-state index contributed by atoms with van der Waals surface area (Å²) < 4.78 is 0. The molecule has 2 N–H and O–H groups in total. The van der Waals surface area contributed by atoms with E-state index in [0.717, 1.165) is 0 Å². The van der Waals surface area contributed by atoms with E-state index in [2.05, 4.69) is 5.32 Å². The van der Waals surface area contributed by atoms with Crippen LogP contribution in [0.15, 0.2) is 0 Å². The van der Waals surface area contributed by atoms with Crippen molar-refractivity contribution in [2.45, 2.75) is 57.8 Å². The fraction of sp³-hybridized carbons (Fsp3) is 0.857. The van der Waals surface area contributed by atoms with Crippen LogP contribution in [-0.4, -0.2) is 51.4 Å². The standard InChI is InChI=1S/C14H23ClN2O3/c1-7(2)11(18)14-10(17(8(3)4)13(14)20)9(5-6-15)12(19)16-14/h7-11,18H,5-6H2,1-4H3,(H,16,19)/t9-,10+,11+,14+/m1/s1. The summed E-state index contributed by atoms with van der Waals surface area (Å²) in [6, 6.07) is -0.288. The van der Waals surface area contributed by atoms with Crippen LogP contribution >= 0.6 is 11.6 Å². The van der Waals surface area contributed by atoms with Crippen molar-refractivity contribution in [3.05, 3.63) is 0 Å². The zero-order valence-electron chi connectivity index (χ0n) is 12.4. The van der Waals surface area contributed by atoms with E-state index >= 15 is 0 Å². The molecular formula is C14H23ClN2O3. The quantitative estimate of drug-likeness (QED) is 0.581. The molecule has 0 aromatic rings. The molecule has 0 radical (unpaired) electrons. The highest BCUT2D eigenvalue weighted by molar-refractivity contribution is 6.18. The Balaban J connectivity index is 2.40. The third kappa shape index (κ3) is 1.86. The highest BCUT2D eigenvalue weighted by atomic mass is 35.5. The first-order valence-corrected chi connectivity index (χ1v) is 7.71. The van der Waals surface area contributed by atoms with Crippen LogP contribution in [0.25, 0.3) is 0 Å². The first-order valence-electron chi connectivity index (χ1n) is 7.17. The van der Waals surface area contributed by atoms with Crippen LogP contribution in [0.1, 0.15) is 34.1 Å². The van der Waals surface area contributed by atoms with E-state index in [0.29, 0.717) is 12.3 Å². The monoisotopic (exact) mass is 302 g/mol. The van der Waals surface area contributed by atoms with E-state index in [9.17, 15) is 14.7 Å². The molecule has 0 aromatic heterocycles. The van der Waals surface area contributed by atoms with Crippen LogP contribution in [-0.2, 0) is 9.59 Å². The second-order valence-electron chi connectivity index (χ2n) is 6.38. The van der Waals surface area contributed by atoms with Crippen molar-refractivity contribution in [1.82, 2.24) is 10.2 Å². The summed E-state index contributed by atoms with van der Waals surface area (Å²) in [5, 5.41) is 13.3. The fourth-order valence-electron chi connectivity index (χ4n) is 3.56. The molecule has 5 nitrogen and oxygen atoms in total. The lowest BCUT2D eigenvalue weighted by Gasteiger charge is -2.57. The van der Waals surface area contributed by atoms with Crippen molar-refractivity contribution in [3.63, 3.8) is 0 Å². The number of aliphatic hydroxyl groups is 1. The number of carbonyl (C=O) groups excluding carboxylic acids is 2. The first-order chi connectivity index (χ1) is 9.28. The molecule has 2 amide bonds. The molecule has 4 atom stereocenters. The Bertz CT molecular complexity index is 427. The number of hydrogen-bond donors (Lipinski definition) is 2. The minimum absolute atomic E-state index is 0.00510. The van der Waals surface area contributed by atoms with Gasteiger partial charge in [-0.15, -0.1) is 11.6 Å². The summed E-state index contributed by atoms with van der Waals surface area (Å²) >= 11 is 5.79. The van der Waals surface area contributed by atoms with Gasteiger partial charge >= 0.3 is 0 Å². The molecule has 2 fully saturated rings. The molecule has 20 heavy (non-hydrogen) atoms. The Morgan fingerprint density at radius 2 is 1.95 bits per heavy atom. The topological polar surface area (TPSA) is 69.6 Å². The van der Waals surface area contributed by atoms with Crippen LogP contribution in [0.4, 0.5) is 0 Å². The van der Waals surface area contributed by atoms with Gasteiger partial charge in [-0.25, -0.2) is 0 Å². The molecule has 2 aliphatic rings. The van der Waals surface area contributed by atoms with Crippen molar-refractivity contribution in [1.29, 1.82) is 0 Å². The molecule has 2 heterocycles. The van der Waals surface area contributed by atoms with Gasteiger partial charge in [0.05, 0.1) is 18.1 Å². The molecule has 0 aromatic carbocycles. The summed E-state index contributed by atoms with van der Waals surface area (Å²) in [5.41, 5.74) is -1.15. The number of likely N-dealkylation sites (tertiary alicyclic amines) is 1. The number of nitrogens with one attached hydrogen (secondary N) is 1. The van der Waals surface area contributed by atoms with Gasteiger partial charge in [0.25, 0.3) is 5.91 Å². The minimum Gasteiger partial charge on any atom is -0.390 e. The lowest BCUT2D eigenvalue weighted by atomic mass is 9.68. The number of halogens is 1. The van der Waals surface area contributed by atoms with E-state index in [-0.39, 0.29) is 35.7 Å². The fourth-order valence-corrected chi connectivity index (χ4v) is 3.80. The van der Waals surface area contributed by atoms with Crippen LogP contribution in [0.3, 0.4) is 0 Å². The Hall–Kier alpha value is -0.810. The molecule has 0 aliphatic carbocycles. The third-order valence-electron chi connectivity index (χ3n) is 4.48. The maximum absolute atomic E-state index is 12.6. The molecule has 0 unspecified atom stereocenters. The Labute approximate surface area is 124 Å². The Morgan fingerprint density at radius 3 is 2.40 bits per heavy atom. The van der Waals surface area contributed by atoms with Gasteiger partial charge in [0.15, 0.2) is 5.54 Å². The molecule has 0 spiro atoms. The Morgan fingerprint density at radius 1 is 1.35 bits per heavy atom. The van der Waals surface area contributed by atoms with Gasteiger partial charge in [0.2, 0.25) is 5.91 Å². The van der Waals surface area contributed by atoms with Crippen molar-refractivity contribution < 1.29 is 14.7 Å². The zero-order chi connectivity index (χ0) is 15.2. The number of aliphatic hydroxyl groups excluding tert-OH is 1. The maximum atomic E-state index is 12.6. The number of β-lactam (4-membered cyclic amide) rings is 1. The summed E-state index contributed by atoms with van der Waals surface area (Å²) in [7, 11) is 0. The smallest absolute Gasteiger partial charge is 0.253 e. The van der Waals surface area contributed by atoms with Crippen LogP contribution in [0, 0.1) is 11.8 Å². The second kappa shape index (κ2) is 5.19. The van der Waals surface area contributed by atoms with Crippen molar-refractivity contribution in [2.24, 2.45) is 11.8 Å². The zero-order valence-corrected chi connectivity index (χ0v) is 13.1. The van der Waals surface area contributed by atoms with Crippen molar-refractivity contribution in [3.8, 4) is 0 Å². The van der Waals surface area contributed by atoms with E-state index in [1.165, 1.54) is 0 Å². The highest BCUT2D eigenvalue weighted by Gasteiger charge is 2.72. The molecule has 0 saturated carbocycles. The predicted octanol–water partition coefficient (Wildman–Crippen LogP) is 0.736. The summed E-state index contributed by atoms with van der Waals surface area (Å²) in [6.07, 6.45) is -0.361. The molecule has 2 rings (SSSR count). The number of fused-ring (bicyclic) bond motifs is 1. The summed E-state index contributed by atoms with van der Waals surface area (Å²) in [6.45, 7) is 7.54. The lowest BCUT2D eigenvalue weighted by molar-refractivity contribution is -0.178. The largest absolute Gasteiger partial charge is 0.390 e. The van der Waals surface area contributed by atoms with Gasteiger partial charge in [0, 0.05) is 11.9 Å². The lowest BCUT2D eigenvalue weighted by Crippen LogP contribution is -2.82. The van der Waals surface area contributed by atoms with Gasteiger partial charge < -0.3 is 15.3 Å². The van der Waals surface area contributed by atoms with Gasteiger partial charge in [-0.05, 0) is 26.2 Å². The number of alkyl halides is 1. The molecule has 2 saturated heterocycles. The number of hydrogen-bond acceptors (Lipinski definition) is 3. The van der Waals surface area contributed by atoms with Crippen LogP contribution in [0.2, 0.25) is 0 Å². The average molecular weight is 303 g/mol. The highest BCUT2D eigenvalue weighted by Crippen LogP contribution is 2.47. The second-order valence-corrected chi connectivity index (χ2v) is 6.76.